The topological polar surface area (TPSA) is 75.3 Å². The van der Waals surface area contributed by atoms with Crippen LogP contribution in [0, 0.1) is 0 Å². The lowest BCUT2D eigenvalue weighted by Gasteiger charge is -2.12. The predicted octanol–water partition coefficient (Wildman–Crippen LogP) is 0.529. The van der Waals surface area contributed by atoms with Crippen LogP contribution in [-0.4, -0.2) is 33.3 Å². The molecule has 1 aromatic carbocycles. The molecular weight excluding hydrogens is 252 g/mol. The summed E-state index contributed by atoms with van der Waals surface area (Å²) in [5, 5.41) is 3.09. The summed E-state index contributed by atoms with van der Waals surface area (Å²) in [6.07, 6.45) is 0.783. The molecule has 1 aliphatic rings. The second-order valence-corrected chi connectivity index (χ2v) is 6.11. The van der Waals surface area contributed by atoms with Crippen molar-refractivity contribution in [2.75, 3.05) is 13.1 Å². The lowest BCUT2D eigenvalue weighted by Crippen LogP contribution is -2.36. The van der Waals surface area contributed by atoms with Crippen LogP contribution in [0.3, 0.4) is 0 Å². The Bertz CT molecular complexity index is 548. The van der Waals surface area contributed by atoms with E-state index < -0.39 is 10.0 Å². The van der Waals surface area contributed by atoms with E-state index in [-0.39, 0.29) is 16.7 Å². The lowest BCUT2D eigenvalue weighted by molar-refractivity contribution is 0.101. The molecule has 0 amide bonds. The Labute approximate surface area is 107 Å². The van der Waals surface area contributed by atoms with Crippen LogP contribution in [0.1, 0.15) is 23.7 Å². The zero-order valence-electron chi connectivity index (χ0n) is 10.1. The molecule has 0 radical (unpaired) electrons. The van der Waals surface area contributed by atoms with Crippen LogP contribution in [0.4, 0.5) is 0 Å². The van der Waals surface area contributed by atoms with Gasteiger partial charge in [-0.1, -0.05) is 12.1 Å². The Morgan fingerprint density at radius 1 is 1.44 bits per heavy atom. The maximum absolute atomic E-state index is 12.1. The molecule has 2 N–H and O–H groups in total. The summed E-state index contributed by atoms with van der Waals surface area (Å²) in [7, 11) is -3.54. The van der Waals surface area contributed by atoms with Crippen molar-refractivity contribution in [2.24, 2.45) is 0 Å². The van der Waals surface area contributed by atoms with Gasteiger partial charge in [-0.05, 0) is 32.0 Å². The number of Topliss-reactive ketones (excluding diaryl/α,β-unsaturated/α-hetero) is 1. The van der Waals surface area contributed by atoms with Crippen LogP contribution >= 0.6 is 0 Å². The van der Waals surface area contributed by atoms with Crippen LogP contribution in [0.5, 0.6) is 0 Å². The van der Waals surface area contributed by atoms with Crippen molar-refractivity contribution in [1.29, 1.82) is 0 Å². The van der Waals surface area contributed by atoms with Crippen molar-refractivity contribution >= 4 is 15.8 Å². The minimum absolute atomic E-state index is 0.0732. The van der Waals surface area contributed by atoms with Gasteiger partial charge in [-0.3, -0.25) is 4.79 Å². The van der Waals surface area contributed by atoms with Crippen LogP contribution in [0.25, 0.3) is 0 Å². The minimum atomic E-state index is -3.54. The second kappa shape index (κ2) is 5.17. The second-order valence-electron chi connectivity index (χ2n) is 4.40. The molecule has 0 aromatic heterocycles. The smallest absolute Gasteiger partial charge is 0.240 e. The molecule has 0 bridgehead atoms. The number of sulfonamides is 1. The van der Waals surface area contributed by atoms with Crippen molar-refractivity contribution in [1.82, 2.24) is 10.0 Å². The molecule has 18 heavy (non-hydrogen) atoms. The summed E-state index contributed by atoms with van der Waals surface area (Å²) in [6.45, 7) is 2.88. The van der Waals surface area contributed by atoms with Gasteiger partial charge < -0.3 is 5.32 Å². The SMILES string of the molecule is CC(=O)c1cccc(S(=O)(=O)N[C@@H]2CCNC2)c1. The molecule has 0 spiro atoms. The highest BCUT2D eigenvalue weighted by atomic mass is 32.2. The van der Waals surface area contributed by atoms with E-state index >= 15 is 0 Å². The standard InChI is InChI=1S/C12H16N2O3S/c1-9(15)10-3-2-4-12(7-10)18(16,17)14-11-5-6-13-8-11/h2-4,7,11,13-14H,5-6,8H2,1H3/t11-/m1/s1. The summed E-state index contributed by atoms with van der Waals surface area (Å²) >= 11 is 0. The molecule has 1 saturated heterocycles. The molecule has 0 saturated carbocycles. The van der Waals surface area contributed by atoms with Gasteiger partial charge in [0.2, 0.25) is 10.0 Å². The number of ketones is 1. The van der Waals surface area contributed by atoms with Gasteiger partial charge in [-0.2, -0.15) is 0 Å². The van der Waals surface area contributed by atoms with Crippen molar-refractivity contribution in [3.63, 3.8) is 0 Å². The summed E-state index contributed by atoms with van der Waals surface area (Å²) in [4.78, 5) is 11.4. The highest BCUT2D eigenvalue weighted by Crippen LogP contribution is 2.13. The van der Waals surface area contributed by atoms with Gasteiger partial charge in [0.15, 0.2) is 5.78 Å². The molecule has 0 unspecified atom stereocenters. The first-order valence-electron chi connectivity index (χ1n) is 5.83. The number of rotatable bonds is 4. The Balaban J connectivity index is 2.23. The van der Waals surface area contributed by atoms with Gasteiger partial charge in [-0.25, -0.2) is 13.1 Å². The predicted molar refractivity (Wildman–Crippen MR) is 68.0 cm³/mol. The number of hydrogen-bond acceptors (Lipinski definition) is 4. The zero-order valence-corrected chi connectivity index (χ0v) is 11.0. The van der Waals surface area contributed by atoms with E-state index in [1.807, 2.05) is 0 Å². The van der Waals surface area contributed by atoms with E-state index in [9.17, 15) is 13.2 Å². The van der Waals surface area contributed by atoms with Crippen LogP contribution in [0.15, 0.2) is 29.2 Å². The fourth-order valence-corrected chi connectivity index (χ4v) is 3.24. The molecule has 1 fully saturated rings. The summed E-state index contributed by atoms with van der Waals surface area (Å²) in [6, 6.07) is 6.02. The molecule has 1 aliphatic heterocycles. The molecule has 1 heterocycles. The molecule has 5 nitrogen and oxygen atoms in total. The van der Waals surface area contributed by atoms with Crippen molar-refractivity contribution in [2.45, 2.75) is 24.3 Å². The fourth-order valence-electron chi connectivity index (χ4n) is 1.92. The molecule has 1 aromatic rings. The lowest BCUT2D eigenvalue weighted by atomic mass is 10.2. The molecule has 6 heteroatoms. The van der Waals surface area contributed by atoms with Gasteiger partial charge in [0.25, 0.3) is 0 Å². The zero-order chi connectivity index (χ0) is 13.2. The Morgan fingerprint density at radius 2 is 2.22 bits per heavy atom. The van der Waals surface area contributed by atoms with Gasteiger partial charge in [0, 0.05) is 18.2 Å². The number of benzene rings is 1. The van der Waals surface area contributed by atoms with Gasteiger partial charge >= 0.3 is 0 Å². The van der Waals surface area contributed by atoms with Gasteiger partial charge in [0.05, 0.1) is 4.90 Å². The third-order valence-electron chi connectivity index (χ3n) is 2.93. The van der Waals surface area contributed by atoms with Crippen molar-refractivity contribution in [3.8, 4) is 0 Å². The fraction of sp³-hybridized carbons (Fsp3) is 0.417. The summed E-state index contributed by atoms with van der Waals surface area (Å²) < 4.78 is 26.9. The van der Waals surface area contributed by atoms with Crippen molar-refractivity contribution < 1.29 is 13.2 Å². The maximum Gasteiger partial charge on any atom is 0.240 e. The summed E-state index contributed by atoms with van der Waals surface area (Å²) in [5.74, 6) is -0.144. The quantitative estimate of drug-likeness (QED) is 0.781. The highest BCUT2D eigenvalue weighted by molar-refractivity contribution is 7.89. The van der Waals surface area contributed by atoms with E-state index in [0.29, 0.717) is 12.1 Å². The Morgan fingerprint density at radius 3 is 2.83 bits per heavy atom. The van der Waals surface area contributed by atoms with E-state index in [1.54, 1.807) is 12.1 Å². The van der Waals surface area contributed by atoms with Gasteiger partial charge in [-0.15, -0.1) is 0 Å². The minimum Gasteiger partial charge on any atom is -0.315 e. The monoisotopic (exact) mass is 268 g/mol. The van der Waals surface area contributed by atoms with Crippen molar-refractivity contribution in [3.05, 3.63) is 29.8 Å². The van der Waals surface area contributed by atoms with E-state index in [4.69, 9.17) is 0 Å². The normalized spacial score (nSPS) is 19.9. The first kappa shape index (κ1) is 13.2. The van der Waals surface area contributed by atoms with Crippen LogP contribution < -0.4 is 10.0 Å². The maximum atomic E-state index is 12.1. The molecule has 2 rings (SSSR count). The van der Waals surface area contributed by atoms with Crippen LogP contribution in [0.2, 0.25) is 0 Å². The molecule has 1 atom stereocenters. The van der Waals surface area contributed by atoms with E-state index in [0.717, 1.165) is 13.0 Å². The molecular formula is C12H16N2O3S. The average Bonchev–Trinajstić information content (AvgIpc) is 2.81. The first-order chi connectivity index (χ1) is 8.49. The first-order valence-corrected chi connectivity index (χ1v) is 7.31. The Hall–Kier alpha value is -1.24. The molecule has 0 aliphatic carbocycles. The number of carbonyl (C=O) groups is 1. The molecule has 98 valence electrons. The van der Waals surface area contributed by atoms with Crippen LogP contribution in [-0.2, 0) is 10.0 Å². The number of carbonyl (C=O) groups excluding carboxylic acids is 1. The van der Waals surface area contributed by atoms with E-state index in [1.165, 1.54) is 19.1 Å². The van der Waals surface area contributed by atoms with Gasteiger partial charge in [0.1, 0.15) is 0 Å². The average molecular weight is 268 g/mol. The largest absolute Gasteiger partial charge is 0.315 e. The van der Waals surface area contributed by atoms with E-state index in [2.05, 4.69) is 10.0 Å². The Kier molecular flexibility index (Phi) is 3.79. The highest BCUT2D eigenvalue weighted by Gasteiger charge is 2.22. The number of nitrogens with one attached hydrogen (secondary N) is 2. The number of hydrogen-bond donors (Lipinski definition) is 2. The third-order valence-corrected chi connectivity index (χ3v) is 4.45. The summed E-state index contributed by atoms with van der Waals surface area (Å²) in [5.41, 5.74) is 0.405. The third kappa shape index (κ3) is 2.95.